The molecule has 2 saturated heterocycles. The smallest absolute Gasteiger partial charge is 0.410 e. The second-order valence-electron chi connectivity index (χ2n) is 17.5. The Morgan fingerprint density at radius 3 is 1.68 bits per heavy atom. The molecule has 10 rings (SSSR count). The van der Waals surface area contributed by atoms with Crippen molar-refractivity contribution in [1.82, 2.24) is 20.2 Å². The third-order valence-corrected chi connectivity index (χ3v) is 12.0. The Hall–Kier alpha value is -7.05. The largest absolute Gasteiger partial charge is 0.452 e. The van der Waals surface area contributed by atoms with Crippen molar-refractivity contribution in [1.29, 1.82) is 0 Å². The molecule has 2 fully saturated rings. The van der Waals surface area contributed by atoms with Crippen LogP contribution in [0.4, 0.5) is 16.2 Å². The van der Waals surface area contributed by atoms with Gasteiger partial charge in [-0.15, -0.1) is 0 Å². The summed E-state index contributed by atoms with van der Waals surface area (Å²) in [5.41, 5.74) is 11.0. The van der Waals surface area contributed by atoms with E-state index in [0.717, 1.165) is 70.8 Å². The lowest BCUT2D eigenvalue weighted by Crippen LogP contribution is -2.50. The SMILES string of the molecule is CC.Cc1c2nc3ccccc3oc-2c(-c2ccc(N3CCNCC3)cc2)c(=O)c1C.Cc1cc2nc3ccccc3oc-2c(-c2ccc(N3CCN(C(=O)OC(C)(C)C)CC3)cc2)c1=O. The number of nitrogens with zero attached hydrogens (tertiary/aromatic N) is 5. The van der Waals surface area contributed by atoms with Crippen LogP contribution in [0.25, 0.3) is 67.4 Å². The van der Waals surface area contributed by atoms with Crippen molar-refractivity contribution in [2.45, 2.75) is 61.0 Å². The zero-order chi connectivity index (χ0) is 46.7. The number of amides is 1. The van der Waals surface area contributed by atoms with Crippen molar-refractivity contribution in [3.63, 3.8) is 0 Å². The number of carbonyl (C=O) groups excluding carboxylic acids is 1. The highest BCUT2D eigenvalue weighted by atomic mass is 16.6. The van der Waals surface area contributed by atoms with E-state index in [4.69, 9.17) is 23.5 Å². The number of hydrogen-bond donors (Lipinski definition) is 1. The first-order valence-electron chi connectivity index (χ1n) is 22.9. The van der Waals surface area contributed by atoms with Gasteiger partial charge in [0.1, 0.15) is 28.0 Å². The van der Waals surface area contributed by atoms with Crippen LogP contribution in [-0.4, -0.2) is 78.9 Å². The van der Waals surface area contributed by atoms with E-state index in [1.54, 1.807) is 17.9 Å². The van der Waals surface area contributed by atoms with Crippen LogP contribution < -0.4 is 26.0 Å². The van der Waals surface area contributed by atoms with Gasteiger partial charge in [-0.1, -0.05) is 62.4 Å². The zero-order valence-electron chi connectivity index (χ0n) is 39.2. The number of aryl methyl sites for hydroxylation is 1. The quantitative estimate of drug-likeness (QED) is 0.169. The van der Waals surface area contributed by atoms with Gasteiger partial charge in [-0.25, -0.2) is 14.8 Å². The summed E-state index contributed by atoms with van der Waals surface area (Å²) in [7, 11) is 0. The van der Waals surface area contributed by atoms with Crippen molar-refractivity contribution < 1.29 is 18.4 Å². The Balaban J connectivity index is 0.000000176. The van der Waals surface area contributed by atoms with Gasteiger partial charge >= 0.3 is 6.09 Å². The fourth-order valence-electron chi connectivity index (χ4n) is 8.45. The minimum absolute atomic E-state index is 0.00533. The molecule has 0 radical (unpaired) electrons. The second kappa shape index (κ2) is 19.2. The van der Waals surface area contributed by atoms with Gasteiger partial charge in [0.05, 0.1) is 11.1 Å². The highest BCUT2D eigenvalue weighted by Gasteiger charge is 2.27. The molecule has 1 amide bonds. The Morgan fingerprint density at radius 2 is 1.12 bits per heavy atom. The van der Waals surface area contributed by atoms with Crippen LogP contribution in [0, 0.1) is 20.8 Å². The van der Waals surface area contributed by atoms with Crippen LogP contribution in [0.15, 0.2) is 122 Å². The maximum atomic E-state index is 13.2. The number of para-hydroxylation sites is 4. The molecule has 66 heavy (non-hydrogen) atoms. The van der Waals surface area contributed by atoms with Gasteiger partial charge in [0.15, 0.2) is 33.5 Å². The molecule has 0 spiro atoms. The fourth-order valence-corrected chi connectivity index (χ4v) is 8.45. The molecule has 4 aliphatic heterocycles. The molecule has 1 N–H and O–H groups in total. The van der Waals surface area contributed by atoms with E-state index in [1.807, 2.05) is 133 Å². The van der Waals surface area contributed by atoms with E-state index < -0.39 is 5.60 Å². The molecule has 4 aromatic carbocycles. The predicted molar refractivity (Wildman–Crippen MR) is 265 cm³/mol. The van der Waals surface area contributed by atoms with Crippen molar-refractivity contribution in [2.24, 2.45) is 0 Å². The first-order chi connectivity index (χ1) is 31.8. The molecular weight excluding hydrogens is 829 g/mol. The molecule has 0 aromatic heterocycles. The molecule has 12 heteroatoms. The lowest BCUT2D eigenvalue weighted by atomic mass is 9.93. The number of fused-ring (bicyclic) bond motifs is 4. The molecule has 6 aliphatic rings. The average molecular weight is 887 g/mol. The monoisotopic (exact) mass is 886 g/mol. The Labute approximate surface area is 385 Å². The summed E-state index contributed by atoms with van der Waals surface area (Å²) in [6.45, 7) is 21.8. The van der Waals surface area contributed by atoms with E-state index in [1.165, 1.54) is 5.69 Å². The lowest BCUT2D eigenvalue weighted by Gasteiger charge is -2.36. The van der Waals surface area contributed by atoms with Crippen LogP contribution in [0.2, 0.25) is 0 Å². The third kappa shape index (κ3) is 9.37. The topological polar surface area (TPSA) is 134 Å². The number of rotatable bonds is 4. The number of ether oxygens (including phenoxy) is 1. The zero-order valence-corrected chi connectivity index (χ0v) is 39.2. The van der Waals surface area contributed by atoms with Gasteiger partial charge in [0.2, 0.25) is 0 Å². The van der Waals surface area contributed by atoms with Gasteiger partial charge in [-0.05, 0) is 118 Å². The van der Waals surface area contributed by atoms with Gasteiger partial charge < -0.3 is 33.6 Å². The summed E-state index contributed by atoms with van der Waals surface area (Å²) in [5.74, 6) is 1.06. The molecule has 2 aliphatic carbocycles. The van der Waals surface area contributed by atoms with Gasteiger partial charge in [-0.2, -0.15) is 0 Å². The number of hydrogen-bond acceptors (Lipinski definition) is 11. The normalized spacial score (nSPS) is 14.2. The predicted octanol–water partition coefficient (Wildman–Crippen LogP) is 10.3. The van der Waals surface area contributed by atoms with E-state index in [0.29, 0.717) is 71.2 Å². The van der Waals surface area contributed by atoms with Crippen molar-refractivity contribution in [3.05, 3.63) is 140 Å². The fraction of sp³-hybridized carbons (Fsp3) is 0.315. The van der Waals surface area contributed by atoms with Crippen LogP contribution in [0.1, 0.15) is 51.3 Å². The van der Waals surface area contributed by atoms with Crippen LogP contribution in [0.5, 0.6) is 0 Å². The molecular formula is C54H58N6O6. The van der Waals surface area contributed by atoms with Crippen molar-refractivity contribution in [2.75, 3.05) is 62.2 Å². The lowest BCUT2D eigenvalue weighted by molar-refractivity contribution is 0.0240. The third-order valence-electron chi connectivity index (χ3n) is 12.0. The first kappa shape index (κ1) is 45.5. The molecule has 0 saturated carbocycles. The Bertz CT molecular complexity index is 3050. The van der Waals surface area contributed by atoms with Gasteiger partial charge in [-0.3, -0.25) is 9.59 Å². The average Bonchev–Trinajstić information content (AvgIpc) is 3.34. The van der Waals surface area contributed by atoms with E-state index in [-0.39, 0.29) is 17.0 Å². The molecule has 0 atom stereocenters. The number of carbonyl (C=O) groups is 1. The number of aromatic nitrogens is 2. The Kier molecular flexibility index (Phi) is 13.2. The summed E-state index contributed by atoms with van der Waals surface area (Å²) in [5, 5.41) is 3.37. The molecule has 0 unspecified atom stereocenters. The van der Waals surface area contributed by atoms with E-state index in [2.05, 4.69) is 27.2 Å². The number of nitrogens with one attached hydrogen (secondary N) is 1. The van der Waals surface area contributed by atoms with Gasteiger partial charge in [0.25, 0.3) is 0 Å². The van der Waals surface area contributed by atoms with Crippen LogP contribution in [-0.2, 0) is 4.74 Å². The summed E-state index contributed by atoms with van der Waals surface area (Å²) in [6.07, 6.45) is -0.272. The molecule has 12 nitrogen and oxygen atoms in total. The summed E-state index contributed by atoms with van der Waals surface area (Å²) in [6, 6.07) is 33.2. The number of benzene rings is 6. The minimum atomic E-state index is -0.501. The highest BCUT2D eigenvalue weighted by Crippen LogP contribution is 2.37. The maximum absolute atomic E-state index is 13.2. The Morgan fingerprint density at radius 1 is 0.621 bits per heavy atom. The second-order valence-corrected chi connectivity index (χ2v) is 17.5. The van der Waals surface area contributed by atoms with Crippen LogP contribution >= 0.6 is 0 Å². The molecule has 340 valence electrons. The van der Waals surface area contributed by atoms with Crippen molar-refractivity contribution >= 4 is 39.7 Å². The highest BCUT2D eigenvalue weighted by molar-refractivity contribution is 5.87. The van der Waals surface area contributed by atoms with E-state index in [9.17, 15) is 14.4 Å². The van der Waals surface area contributed by atoms with Crippen molar-refractivity contribution in [3.8, 4) is 45.2 Å². The number of piperazine rings is 2. The molecule has 0 bridgehead atoms. The number of anilines is 2. The van der Waals surface area contributed by atoms with E-state index >= 15 is 0 Å². The molecule has 4 heterocycles. The summed E-state index contributed by atoms with van der Waals surface area (Å²) < 4.78 is 17.9. The van der Waals surface area contributed by atoms with Crippen LogP contribution in [0.3, 0.4) is 0 Å². The standard InChI is InChI=1S/C28H29N3O4.C24H23N3O2.C2H6/c1-18-17-22-26(34-23-8-6-5-7-21(23)29-22)24(25(18)32)19-9-11-20(12-10-19)30-13-15-31(16-14-30)27(33)35-28(2,3)4;1-15-16(2)23(28)21(24-22(15)26-19-5-3-4-6-20(19)29-24)17-7-9-18(10-8-17)27-13-11-25-12-14-27;1-2/h5-12,17H,13-16H2,1-4H3;3-10,25H,11-14H2,1-2H3;1-2H3. The first-order valence-corrected chi connectivity index (χ1v) is 22.9. The molecule has 4 aromatic rings. The minimum Gasteiger partial charge on any atom is -0.452 e. The van der Waals surface area contributed by atoms with Gasteiger partial charge in [0, 0.05) is 69.3 Å². The summed E-state index contributed by atoms with van der Waals surface area (Å²) >= 11 is 0. The maximum Gasteiger partial charge on any atom is 0.410 e. The summed E-state index contributed by atoms with van der Waals surface area (Å²) in [4.78, 5) is 54.6.